The van der Waals surface area contributed by atoms with Crippen LogP contribution >= 0.6 is 0 Å². The number of aromatic nitrogens is 2. The van der Waals surface area contributed by atoms with Gasteiger partial charge in [0.25, 0.3) is 0 Å². The molecule has 2 rings (SSSR count). The number of hydrogen-bond donors (Lipinski definition) is 2. The summed E-state index contributed by atoms with van der Waals surface area (Å²) in [6, 6.07) is 4.05. The predicted molar refractivity (Wildman–Crippen MR) is 67.5 cm³/mol. The first-order valence-corrected chi connectivity index (χ1v) is 5.76. The third-order valence-corrected chi connectivity index (χ3v) is 2.82. The molecule has 1 aromatic carbocycles. The van der Waals surface area contributed by atoms with Crippen LogP contribution in [0.5, 0.6) is 0 Å². The number of nitrogens with one attached hydrogen (secondary N) is 1. The zero-order chi connectivity index (χ0) is 13.3. The van der Waals surface area contributed by atoms with E-state index in [0.717, 1.165) is 0 Å². The Morgan fingerprint density at radius 3 is 3.00 bits per heavy atom. The topological polar surface area (TPSA) is 72.9 Å². The summed E-state index contributed by atoms with van der Waals surface area (Å²) in [5.74, 6) is -0.484. The van der Waals surface area contributed by atoms with Crippen LogP contribution in [0.3, 0.4) is 0 Å². The van der Waals surface area contributed by atoms with Gasteiger partial charge >= 0.3 is 0 Å². The number of carbonyl (C=O) groups is 1. The highest BCUT2D eigenvalue weighted by Crippen LogP contribution is 2.24. The van der Waals surface area contributed by atoms with Crippen molar-refractivity contribution in [2.75, 3.05) is 12.3 Å². The first-order chi connectivity index (χ1) is 8.56. The summed E-state index contributed by atoms with van der Waals surface area (Å²) in [5, 5.41) is 2.70. The Balaban J connectivity index is 2.54. The van der Waals surface area contributed by atoms with E-state index in [1.807, 2.05) is 6.92 Å². The number of benzene rings is 1. The Morgan fingerprint density at radius 1 is 1.61 bits per heavy atom. The van der Waals surface area contributed by atoms with Gasteiger partial charge in [0.2, 0.25) is 11.9 Å². The average molecular weight is 250 g/mol. The van der Waals surface area contributed by atoms with Gasteiger partial charge in [0.1, 0.15) is 11.6 Å². The Labute approximate surface area is 104 Å². The monoisotopic (exact) mass is 250 g/mol. The summed E-state index contributed by atoms with van der Waals surface area (Å²) in [5.41, 5.74) is 6.47. The molecular weight excluding hydrogens is 235 g/mol. The molecule has 1 heterocycles. The molecule has 0 spiro atoms. The number of amides is 1. The number of nitrogens with zero attached hydrogens (tertiary/aromatic N) is 2. The summed E-state index contributed by atoms with van der Waals surface area (Å²) < 4.78 is 15.1. The van der Waals surface area contributed by atoms with E-state index in [0.29, 0.717) is 12.1 Å². The number of fused-ring (bicyclic) bond motifs is 1. The minimum Gasteiger partial charge on any atom is -0.369 e. The molecule has 1 amide bonds. The molecule has 3 N–H and O–H groups in total. The minimum atomic E-state index is -0.531. The van der Waals surface area contributed by atoms with Crippen molar-refractivity contribution in [3.8, 4) is 0 Å². The zero-order valence-electron chi connectivity index (χ0n) is 10.3. The van der Waals surface area contributed by atoms with Gasteiger partial charge in [0, 0.05) is 6.54 Å². The fourth-order valence-electron chi connectivity index (χ4n) is 1.95. The van der Waals surface area contributed by atoms with Gasteiger partial charge in [-0.25, -0.2) is 9.37 Å². The van der Waals surface area contributed by atoms with Crippen molar-refractivity contribution in [2.45, 2.75) is 19.9 Å². The predicted octanol–water partition coefficient (Wildman–Crippen LogP) is 1.45. The first-order valence-electron chi connectivity index (χ1n) is 5.76. The first kappa shape index (κ1) is 12.3. The fourth-order valence-corrected chi connectivity index (χ4v) is 1.95. The molecule has 0 aliphatic carbocycles. The zero-order valence-corrected chi connectivity index (χ0v) is 10.3. The molecule has 6 heteroatoms. The van der Waals surface area contributed by atoms with Crippen LogP contribution in [-0.2, 0) is 4.79 Å². The van der Waals surface area contributed by atoms with E-state index in [1.54, 1.807) is 19.1 Å². The standard InChI is InChI=1S/C12H15FN4O/c1-3-15-11(18)7(2)17-9-6-4-5-8(13)10(9)16-12(17)14/h4-7H,3H2,1-2H3,(H2,14,16)(H,15,18). The van der Waals surface area contributed by atoms with Crippen LogP contribution in [0.2, 0.25) is 0 Å². The Hall–Kier alpha value is -2.11. The normalized spacial score (nSPS) is 12.6. The van der Waals surface area contributed by atoms with Crippen molar-refractivity contribution >= 4 is 22.9 Å². The third-order valence-electron chi connectivity index (χ3n) is 2.82. The third kappa shape index (κ3) is 1.90. The highest BCUT2D eigenvalue weighted by atomic mass is 19.1. The highest BCUT2D eigenvalue weighted by Gasteiger charge is 2.20. The molecule has 0 bridgehead atoms. The van der Waals surface area contributed by atoms with E-state index in [-0.39, 0.29) is 17.4 Å². The Kier molecular flexibility index (Phi) is 3.18. The maximum Gasteiger partial charge on any atom is 0.242 e. The van der Waals surface area contributed by atoms with Crippen molar-refractivity contribution in [3.05, 3.63) is 24.0 Å². The molecule has 0 aliphatic rings. The molecule has 1 aromatic heterocycles. The van der Waals surface area contributed by atoms with Crippen LogP contribution < -0.4 is 11.1 Å². The smallest absolute Gasteiger partial charge is 0.242 e. The maximum absolute atomic E-state index is 13.6. The molecule has 0 saturated carbocycles. The van der Waals surface area contributed by atoms with Crippen molar-refractivity contribution in [1.29, 1.82) is 0 Å². The molecule has 1 unspecified atom stereocenters. The number of hydrogen-bond acceptors (Lipinski definition) is 3. The van der Waals surface area contributed by atoms with Gasteiger partial charge in [-0.2, -0.15) is 0 Å². The lowest BCUT2D eigenvalue weighted by atomic mass is 10.2. The highest BCUT2D eigenvalue weighted by molar-refractivity contribution is 5.85. The molecule has 0 fully saturated rings. The summed E-state index contributed by atoms with van der Waals surface area (Å²) >= 11 is 0. The number of nitrogen functional groups attached to an aromatic ring is 1. The molecule has 96 valence electrons. The number of anilines is 1. The van der Waals surface area contributed by atoms with Crippen LogP contribution in [0, 0.1) is 5.82 Å². The molecule has 5 nitrogen and oxygen atoms in total. The van der Waals surface area contributed by atoms with Gasteiger partial charge in [-0.15, -0.1) is 0 Å². The molecule has 1 atom stereocenters. The largest absolute Gasteiger partial charge is 0.369 e. The van der Waals surface area contributed by atoms with Crippen LogP contribution in [0.25, 0.3) is 11.0 Å². The van der Waals surface area contributed by atoms with Crippen LogP contribution in [0.4, 0.5) is 10.3 Å². The minimum absolute atomic E-state index is 0.133. The lowest BCUT2D eigenvalue weighted by molar-refractivity contribution is -0.123. The lowest BCUT2D eigenvalue weighted by Crippen LogP contribution is -2.31. The van der Waals surface area contributed by atoms with Gasteiger partial charge in [0.05, 0.1) is 5.52 Å². The quantitative estimate of drug-likeness (QED) is 0.866. The van der Waals surface area contributed by atoms with E-state index >= 15 is 0 Å². The summed E-state index contributed by atoms with van der Waals surface area (Å²) in [7, 11) is 0. The van der Waals surface area contributed by atoms with Gasteiger partial charge < -0.3 is 11.1 Å². The van der Waals surface area contributed by atoms with E-state index in [2.05, 4.69) is 10.3 Å². The van der Waals surface area contributed by atoms with Crippen molar-refractivity contribution in [2.24, 2.45) is 0 Å². The van der Waals surface area contributed by atoms with E-state index in [1.165, 1.54) is 10.6 Å². The van der Waals surface area contributed by atoms with Gasteiger partial charge in [-0.1, -0.05) is 6.07 Å². The van der Waals surface area contributed by atoms with Crippen molar-refractivity contribution < 1.29 is 9.18 Å². The number of carbonyl (C=O) groups excluding carboxylic acids is 1. The summed E-state index contributed by atoms with van der Waals surface area (Å²) in [6.07, 6.45) is 0. The molecule has 2 aromatic rings. The summed E-state index contributed by atoms with van der Waals surface area (Å²) in [6.45, 7) is 4.07. The second-order valence-corrected chi connectivity index (χ2v) is 4.02. The Morgan fingerprint density at radius 2 is 2.33 bits per heavy atom. The number of para-hydroxylation sites is 1. The molecule has 0 aliphatic heterocycles. The van der Waals surface area contributed by atoms with Crippen LogP contribution in [-0.4, -0.2) is 22.0 Å². The maximum atomic E-state index is 13.6. The number of nitrogens with two attached hydrogens (primary N) is 1. The van der Waals surface area contributed by atoms with Gasteiger partial charge in [0.15, 0.2) is 5.82 Å². The number of halogens is 1. The van der Waals surface area contributed by atoms with Crippen molar-refractivity contribution in [3.63, 3.8) is 0 Å². The van der Waals surface area contributed by atoms with Gasteiger partial charge in [-0.05, 0) is 26.0 Å². The number of rotatable bonds is 3. The number of imidazole rings is 1. The SMILES string of the molecule is CCNC(=O)C(C)n1c(N)nc2c(F)cccc21. The molecular formula is C12H15FN4O. The van der Waals surface area contributed by atoms with Crippen molar-refractivity contribution in [1.82, 2.24) is 14.9 Å². The van der Waals surface area contributed by atoms with Crippen LogP contribution in [0.1, 0.15) is 19.9 Å². The van der Waals surface area contributed by atoms with E-state index in [9.17, 15) is 9.18 Å². The summed E-state index contributed by atoms with van der Waals surface area (Å²) in [4.78, 5) is 15.8. The lowest BCUT2D eigenvalue weighted by Gasteiger charge is -2.15. The molecule has 0 saturated heterocycles. The van der Waals surface area contributed by atoms with Gasteiger partial charge in [-0.3, -0.25) is 9.36 Å². The average Bonchev–Trinajstić information content (AvgIpc) is 2.66. The number of likely N-dealkylation sites (N-methyl/N-ethyl adjacent to an activating group) is 1. The van der Waals surface area contributed by atoms with E-state index < -0.39 is 11.9 Å². The second-order valence-electron chi connectivity index (χ2n) is 4.02. The second kappa shape index (κ2) is 4.64. The van der Waals surface area contributed by atoms with E-state index in [4.69, 9.17) is 5.73 Å². The van der Waals surface area contributed by atoms with Crippen LogP contribution in [0.15, 0.2) is 18.2 Å². The molecule has 18 heavy (non-hydrogen) atoms. The Bertz CT molecular complexity index is 593. The molecule has 0 radical (unpaired) electrons. The fraction of sp³-hybridized carbons (Fsp3) is 0.333.